The Bertz CT molecular complexity index is 2120. The van der Waals surface area contributed by atoms with Gasteiger partial charge in [-0.15, -0.1) is 0 Å². The molecule has 7 rings (SSSR count). The summed E-state index contributed by atoms with van der Waals surface area (Å²) < 4.78 is 10.9. The van der Waals surface area contributed by atoms with Crippen LogP contribution in [0.4, 0.5) is 0 Å². The molecule has 0 spiro atoms. The molecule has 0 saturated carbocycles. The monoisotopic (exact) mass is 590 g/mol. The van der Waals surface area contributed by atoms with Gasteiger partial charge in [-0.1, -0.05) is 81.8 Å². The maximum Gasteiger partial charge on any atom is 0.137 e. The van der Waals surface area contributed by atoms with E-state index in [2.05, 4.69) is 134 Å². The lowest BCUT2D eigenvalue weighted by atomic mass is 9.95. The summed E-state index contributed by atoms with van der Waals surface area (Å²) in [5.74, 6) is 2.74. The molecular formula is C40H38N4O. The van der Waals surface area contributed by atoms with Crippen LogP contribution in [0.25, 0.3) is 44.4 Å². The van der Waals surface area contributed by atoms with Crippen molar-refractivity contribution in [3.63, 3.8) is 0 Å². The van der Waals surface area contributed by atoms with Crippen molar-refractivity contribution in [2.75, 3.05) is 0 Å². The lowest BCUT2D eigenvalue weighted by Crippen LogP contribution is -2.03. The molecule has 0 aliphatic rings. The number of unbranched alkanes of at least 4 members (excludes halogenated alkanes) is 1. The molecule has 0 aliphatic heterocycles. The van der Waals surface area contributed by atoms with E-state index in [0.717, 1.165) is 59.0 Å². The molecule has 224 valence electrons. The van der Waals surface area contributed by atoms with Gasteiger partial charge in [-0.2, -0.15) is 5.10 Å². The molecular weight excluding hydrogens is 552 g/mol. The van der Waals surface area contributed by atoms with Crippen LogP contribution in [0.5, 0.6) is 11.5 Å². The van der Waals surface area contributed by atoms with E-state index in [1.54, 1.807) is 0 Å². The number of para-hydroxylation sites is 1. The van der Waals surface area contributed by atoms with Crippen molar-refractivity contribution in [3.8, 4) is 34.1 Å². The summed E-state index contributed by atoms with van der Waals surface area (Å²) in [6.07, 6.45) is 5.05. The van der Waals surface area contributed by atoms with Gasteiger partial charge < -0.3 is 4.74 Å². The largest absolute Gasteiger partial charge is 0.457 e. The number of nitrogens with zero attached hydrogens (tertiary/aromatic N) is 4. The van der Waals surface area contributed by atoms with Gasteiger partial charge in [0.15, 0.2) is 0 Å². The minimum Gasteiger partial charge on any atom is -0.457 e. The van der Waals surface area contributed by atoms with Crippen LogP contribution in [0.1, 0.15) is 56.5 Å². The number of aryl methyl sites for hydroxylation is 1. The normalized spacial score (nSPS) is 11.6. The average molecular weight is 591 g/mol. The first kappa shape index (κ1) is 28.6. The molecule has 3 aromatic heterocycles. The molecule has 5 heteroatoms. The summed E-state index contributed by atoms with van der Waals surface area (Å²) in [6, 6.07) is 38.0. The third kappa shape index (κ3) is 5.40. The van der Waals surface area contributed by atoms with E-state index >= 15 is 0 Å². The second kappa shape index (κ2) is 12.1. The van der Waals surface area contributed by atoms with Crippen LogP contribution in [0.3, 0.4) is 0 Å². The summed E-state index contributed by atoms with van der Waals surface area (Å²) in [5, 5.41) is 7.59. The summed E-state index contributed by atoms with van der Waals surface area (Å²) >= 11 is 0. The first-order valence-corrected chi connectivity index (χ1v) is 15.9. The van der Waals surface area contributed by atoms with Gasteiger partial charge in [-0.3, -0.25) is 4.57 Å². The summed E-state index contributed by atoms with van der Waals surface area (Å²) in [7, 11) is 0. The number of ether oxygens (including phenoxy) is 1. The fraction of sp³-hybridized carbons (Fsp3) is 0.200. The van der Waals surface area contributed by atoms with Gasteiger partial charge in [0, 0.05) is 34.7 Å². The van der Waals surface area contributed by atoms with E-state index in [-0.39, 0.29) is 0 Å². The fourth-order valence-electron chi connectivity index (χ4n) is 6.30. The predicted octanol–water partition coefficient (Wildman–Crippen LogP) is 10.6. The Morgan fingerprint density at radius 1 is 0.756 bits per heavy atom. The van der Waals surface area contributed by atoms with Gasteiger partial charge >= 0.3 is 0 Å². The van der Waals surface area contributed by atoms with Crippen LogP contribution in [-0.2, 0) is 6.42 Å². The highest BCUT2D eigenvalue weighted by Crippen LogP contribution is 2.37. The molecule has 0 bridgehead atoms. The SMILES string of the molecule is CCCCc1c(-c2ccccc2)c(C(C)C)nn1-c1cccc(Oc2ccc3c4ccccc4n(-c4cc(C)ccn4)c3c2)c1. The molecule has 0 unspecified atom stereocenters. The van der Waals surface area contributed by atoms with Crippen LogP contribution in [0.2, 0.25) is 0 Å². The second-order valence-corrected chi connectivity index (χ2v) is 12.1. The zero-order valence-electron chi connectivity index (χ0n) is 26.4. The smallest absolute Gasteiger partial charge is 0.137 e. The number of pyridine rings is 1. The standard InChI is InChI=1S/C40H38N4O/c1-5-6-18-36-39(29-13-8-7-9-14-29)40(27(2)3)42-44(36)30-15-12-16-31(25-30)45-32-20-21-34-33-17-10-11-19-35(33)43(37(34)26-32)38-24-28(4)22-23-41-38/h7-17,19-27H,5-6,18H2,1-4H3. The Morgan fingerprint density at radius 3 is 2.33 bits per heavy atom. The van der Waals surface area contributed by atoms with Gasteiger partial charge in [0.1, 0.15) is 17.3 Å². The van der Waals surface area contributed by atoms with E-state index < -0.39 is 0 Å². The highest BCUT2D eigenvalue weighted by atomic mass is 16.5. The van der Waals surface area contributed by atoms with Crippen molar-refractivity contribution in [2.24, 2.45) is 0 Å². The number of fused-ring (bicyclic) bond motifs is 3. The van der Waals surface area contributed by atoms with E-state index in [1.807, 2.05) is 18.3 Å². The summed E-state index contributed by atoms with van der Waals surface area (Å²) in [6.45, 7) is 8.79. The third-order valence-electron chi connectivity index (χ3n) is 8.46. The van der Waals surface area contributed by atoms with Crippen LogP contribution in [-0.4, -0.2) is 19.3 Å². The molecule has 0 amide bonds. The van der Waals surface area contributed by atoms with Crippen LogP contribution >= 0.6 is 0 Å². The number of hydrogen-bond donors (Lipinski definition) is 0. The molecule has 0 aliphatic carbocycles. The van der Waals surface area contributed by atoms with Crippen LogP contribution in [0.15, 0.2) is 115 Å². The molecule has 0 saturated heterocycles. The topological polar surface area (TPSA) is 44.9 Å². The van der Waals surface area contributed by atoms with Gasteiger partial charge in [0.2, 0.25) is 0 Å². The van der Waals surface area contributed by atoms with E-state index in [9.17, 15) is 0 Å². The van der Waals surface area contributed by atoms with E-state index in [0.29, 0.717) is 5.92 Å². The molecule has 0 N–H and O–H groups in total. The Labute approximate surface area is 264 Å². The van der Waals surface area contributed by atoms with Crippen molar-refractivity contribution >= 4 is 21.8 Å². The maximum absolute atomic E-state index is 6.57. The molecule has 5 nitrogen and oxygen atoms in total. The van der Waals surface area contributed by atoms with Crippen LogP contribution < -0.4 is 4.74 Å². The van der Waals surface area contributed by atoms with E-state index in [4.69, 9.17) is 14.8 Å². The molecule has 7 aromatic rings. The Kier molecular flexibility index (Phi) is 7.68. The van der Waals surface area contributed by atoms with Gasteiger partial charge in [-0.05, 0) is 79.3 Å². The predicted molar refractivity (Wildman–Crippen MR) is 185 cm³/mol. The number of rotatable bonds is 9. The molecule has 3 heterocycles. The minimum absolute atomic E-state index is 0.294. The van der Waals surface area contributed by atoms with Crippen molar-refractivity contribution < 1.29 is 4.74 Å². The van der Waals surface area contributed by atoms with Crippen molar-refractivity contribution in [3.05, 3.63) is 132 Å². The average Bonchev–Trinajstić information content (AvgIpc) is 3.60. The molecule has 45 heavy (non-hydrogen) atoms. The zero-order chi connectivity index (χ0) is 30.9. The quantitative estimate of drug-likeness (QED) is 0.168. The molecule has 0 fully saturated rings. The lowest BCUT2D eigenvalue weighted by molar-refractivity contribution is 0.482. The zero-order valence-corrected chi connectivity index (χ0v) is 26.4. The number of aromatic nitrogens is 4. The van der Waals surface area contributed by atoms with Crippen molar-refractivity contribution in [1.82, 2.24) is 19.3 Å². The molecule has 0 radical (unpaired) electrons. The number of hydrogen-bond acceptors (Lipinski definition) is 3. The Morgan fingerprint density at radius 2 is 1.53 bits per heavy atom. The Hall–Kier alpha value is -5.16. The van der Waals surface area contributed by atoms with E-state index in [1.165, 1.54) is 33.2 Å². The van der Waals surface area contributed by atoms with Gasteiger partial charge in [-0.25, -0.2) is 9.67 Å². The van der Waals surface area contributed by atoms with Gasteiger partial charge in [0.05, 0.1) is 28.1 Å². The van der Waals surface area contributed by atoms with Crippen molar-refractivity contribution in [2.45, 2.75) is 52.9 Å². The minimum atomic E-state index is 0.294. The third-order valence-corrected chi connectivity index (χ3v) is 8.46. The molecule has 4 aromatic carbocycles. The fourth-order valence-corrected chi connectivity index (χ4v) is 6.30. The number of benzene rings is 4. The Balaban J connectivity index is 1.31. The summed E-state index contributed by atoms with van der Waals surface area (Å²) in [5.41, 5.74) is 9.21. The second-order valence-electron chi connectivity index (χ2n) is 12.1. The van der Waals surface area contributed by atoms with Gasteiger partial charge in [0.25, 0.3) is 0 Å². The highest BCUT2D eigenvalue weighted by molar-refractivity contribution is 6.09. The van der Waals surface area contributed by atoms with Crippen molar-refractivity contribution in [1.29, 1.82) is 0 Å². The first-order valence-electron chi connectivity index (χ1n) is 15.9. The maximum atomic E-state index is 6.57. The highest BCUT2D eigenvalue weighted by Gasteiger charge is 2.22. The molecule has 0 atom stereocenters. The summed E-state index contributed by atoms with van der Waals surface area (Å²) in [4.78, 5) is 4.73. The van der Waals surface area contributed by atoms with Crippen LogP contribution in [0, 0.1) is 6.92 Å². The lowest BCUT2D eigenvalue weighted by Gasteiger charge is -2.12. The first-order chi connectivity index (χ1) is 22.0.